The van der Waals surface area contributed by atoms with Crippen LogP contribution in [-0.4, -0.2) is 30.8 Å². The lowest BCUT2D eigenvalue weighted by Crippen LogP contribution is -2.26. The second-order valence-corrected chi connectivity index (χ2v) is 7.00. The molecule has 0 saturated carbocycles. The molecule has 0 aliphatic carbocycles. The Morgan fingerprint density at radius 3 is 2.80 bits per heavy atom. The molecular formula is C12H15ClFN3O2S. The number of para-hydroxylation sites is 1. The molecule has 2 rings (SSSR count). The van der Waals surface area contributed by atoms with E-state index in [9.17, 15) is 12.8 Å². The first-order chi connectivity index (χ1) is 9.29. The number of fused-ring (bicyclic) bond motifs is 1. The Balaban J connectivity index is 2.39. The second-order valence-electron chi connectivity index (χ2n) is 4.51. The number of imidazole rings is 1. The lowest BCUT2D eigenvalue weighted by molar-refractivity contribution is 0.577. The van der Waals surface area contributed by atoms with Crippen molar-refractivity contribution < 1.29 is 12.8 Å². The molecule has 0 aliphatic heterocycles. The summed E-state index contributed by atoms with van der Waals surface area (Å²) >= 11 is 6.06. The molecular weight excluding hydrogens is 305 g/mol. The van der Waals surface area contributed by atoms with Crippen molar-refractivity contribution in [3.05, 3.63) is 29.8 Å². The number of rotatable bonds is 5. The van der Waals surface area contributed by atoms with Gasteiger partial charge in [0.05, 0.1) is 17.1 Å². The molecule has 110 valence electrons. The lowest BCUT2D eigenvalue weighted by atomic mass is 10.3. The van der Waals surface area contributed by atoms with Crippen LogP contribution in [0.25, 0.3) is 11.0 Å². The smallest absolute Gasteiger partial charge is 0.208 e. The molecule has 1 atom stereocenters. The number of benzene rings is 1. The van der Waals surface area contributed by atoms with E-state index in [4.69, 9.17) is 11.6 Å². The Hall–Kier alpha value is -1.18. The van der Waals surface area contributed by atoms with E-state index in [0.29, 0.717) is 17.9 Å². The highest BCUT2D eigenvalue weighted by Gasteiger charge is 2.17. The summed E-state index contributed by atoms with van der Waals surface area (Å²) in [5.41, 5.74) is 0.845. The molecule has 0 bridgehead atoms. The summed E-state index contributed by atoms with van der Waals surface area (Å²) in [4.78, 5) is 4.21. The van der Waals surface area contributed by atoms with Gasteiger partial charge in [-0.25, -0.2) is 22.5 Å². The van der Waals surface area contributed by atoms with E-state index < -0.39 is 21.2 Å². The van der Waals surface area contributed by atoms with Crippen LogP contribution in [0.2, 0.25) is 0 Å². The Morgan fingerprint density at radius 1 is 1.50 bits per heavy atom. The van der Waals surface area contributed by atoms with Crippen molar-refractivity contribution in [2.24, 2.45) is 0 Å². The zero-order valence-electron chi connectivity index (χ0n) is 11.1. The fourth-order valence-corrected chi connectivity index (χ4v) is 2.64. The van der Waals surface area contributed by atoms with E-state index in [2.05, 4.69) is 9.71 Å². The highest BCUT2D eigenvalue weighted by Crippen LogP contribution is 2.25. The number of nitrogens with zero attached hydrogens (tertiary/aromatic N) is 2. The number of hydrogen-bond donors (Lipinski definition) is 1. The van der Waals surface area contributed by atoms with Gasteiger partial charge < -0.3 is 4.57 Å². The number of halogens is 2. The molecule has 1 aromatic carbocycles. The van der Waals surface area contributed by atoms with E-state index in [1.165, 1.54) is 6.07 Å². The topological polar surface area (TPSA) is 64.0 Å². The van der Waals surface area contributed by atoms with Crippen LogP contribution in [0.15, 0.2) is 18.2 Å². The number of alkyl halides is 1. The summed E-state index contributed by atoms with van der Waals surface area (Å²) in [6.45, 7) is 2.26. The van der Waals surface area contributed by atoms with Gasteiger partial charge in [0.15, 0.2) is 5.82 Å². The van der Waals surface area contributed by atoms with Gasteiger partial charge in [0.1, 0.15) is 11.3 Å². The molecule has 8 heteroatoms. The SMILES string of the molecule is CC(Cl)c1nc2c(F)cccc2n1CCNS(C)(=O)=O. The van der Waals surface area contributed by atoms with Gasteiger partial charge in [0.2, 0.25) is 10.0 Å². The minimum atomic E-state index is -3.26. The summed E-state index contributed by atoms with van der Waals surface area (Å²) in [5.74, 6) is 0.0953. The summed E-state index contributed by atoms with van der Waals surface area (Å²) in [7, 11) is -3.26. The zero-order chi connectivity index (χ0) is 14.9. The van der Waals surface area contributed by atoms with Crippen LogP contribution in [0, 0.1) is 5.82 Å². The molecule has 0 radical (unpaired) electrons. The molecule has 0 fully saturated rings. The Bertz CT molecular complexity index is 728. The molecule has 1 N–H and O–H groups in total. The maximum atomic E-state index is 13.7. The molecule has 0 aliphatic rings. The maximum Gasteiger partial charge on any atom is 0.208 e. The van der Waals surface area contributed by atoms with Crippen LogP contribution in [0.1, 0.15) is 18.1 Å². The average Bonchev–Trinajstić information content (AvgIpc) is 2.68. The van der Waals surface area contributed by atoms with Gasteiger partial charge >= 0.3 is 0 Å². The molecule has 1 aromatic heterocycles. The first-order valence-electron chi connectivity index (χ1n) is 6.03. The maximum absolute atomic E-state index is 13.7. The molecule has 0 saturated heterocycles. The predicted molar refractivity (Wildman–Crippen MR) is 76.8 cm³/mol. The van der Waals surface area contributed by atoms with Crippen LogP contribution >= 0.6 is 11.6 Å². The second kappa shape index (κ2) is 5.67. The minimum absolute atomic E-state index is 0.192. The molecule has 1 heterocycles. The van der Waals surface area contributed by atoms with Crippen molar-refractivity contribution in [2.75, 3.05) is 12.8 Å². The third-order valence-electron chi connectivity index (χ3n) is 2.81. The predicted octanol–water partition coefficient (Wildman–Crippen LogP) is 2.02. The third-order valence-corrected chi connectivity index (χ3v) is 3.74. The number of hydrogen-bond acceptors (Lipinski definition) is 3. The highest BCUT2D eigenvalue weighted by atomic mass is 35.5. The summed E-state index contributed by atoms with van der Waals surface area (Å²) < 4.78 is 40.0. The molecule has 0 spiro atoms. The lowest BCUT2D eigenvalue weighted by Gasteiger charge is -2.10. The monoisotopic (exact) mass is 319 g/mol. The largest absolute Gasteiger partial charge is 0.325 e. The molecule has 20 heavy (non-hydrogen) atoms. The van der Waals surface area contributed by atoms with Crippen molar-refractivity contribution in [2.45, 2.75) is 18.8 Å². The number of nitrogens with one attached hydrogen (secondary N) is 1. The molecule has 2 aromatic rings. The van der Waals surface area contributed by atoms with Crippen molar-refractivity contribution >= 4 is 32.7 Å². The summed E-state index contributed by atoms with van der Waals surface area (Å²) in [6.07, 6.45) is 1.09. The van der Waals surface area contributed by atoms with Crippen molar-refractivity contribution in [1.29, 1.82) is 0 Å². The molecule has 5 nitrogen and oxygen atoms in total. The fraction of sp³-hybridized carbons (Fsp3) is 0.417. The number of sulfonamides is 1. The fourth-order valence-electron chi connectivity index (χ4n) is 2.01. The van der Waals surface area contributed by atoms with E-state index in [1.807, 2.05) is 0 Å². The van der Waals surface area contributed by atoms with E-state index in [1.54, 1.807) is 23.6 Å². The first-order valence-corrected chi connectivity index (χ1v) is 8.36. The highest BCUT2D eigenvalue weighted by molar-refractivity contribution is 7.88. The summed E-state index contributed by atoms with van der Waals surface area (Å²) in [6, 6.07) is 4.65. The summed E-state index contributed by atoms with van der Waals surface area (Å²) in [5, 5.41) is -0.403. The van der Waals surface area contributed by atoms with Crippen LogP contribution in [0.5, 0.6) is 0 Å². The van der Waals surface area contributed by atoms with Crippen molar-refractivity contribution in [3.8, 4) is 0 Å². The Kier molecular flexibility index (Phi) is 4.31. The average molecular weight is 320 g/mol. The molecule has 0 amide bonds. The number of aromatic nitrogens is 2. The van der Waals surface area contributed by atoms with Crippen molar-refractivity contribution in [3.63, 3.8) is 0 Å². The van der Waals surface area contributed by atoms with Crippen LogP contribution in [-0.2, 0) is 16.6 Å². The van der Waals surface area contributed by atoms with Crippen molar-refractivity contribution in [1.82, 2.24) is 14.3 Å². The quantitative estimate of drug-likeness (QED) is 0.858. The Morgan fingerprint density at radius 2 is 2.20 bits per heavy atom. The van der Waals surface area contributed by atoms with Gasteiger partial charge in [0, 0.05) is 13.1 Å². The van der Waals surface area contributed by atoms with Gasteiger partial charge in [-0.05, 0) is 19.1 Å². The van der Waals surface area contributed by atoms with Crippen LogP contribution < -0.4 is 4.72 Å². The first kappa shape index (κ1) is 15.2. The van der Waals surface area contributed by atoms with Gasteiger partial charge in [-0.1, -0.05) is 6.07 Å². The van der Waals surface area contributed by atoms with Crippen LogP contribution in [0.3, 0.4) is 0 Å². The standard InChI is InChI=1S/C12H15ClFN3O2S/c1-8(13)12-16-11-9(14)4-3-5-10(11)17(12)7-6-15-20(2,18)19/h3-5,8,15H,6-7H2,1-2H3. The van der Waals surface area contributed by atoms with E-state index >= 15 is 0 Å². The van der Waals surface area contributed by atoms with Gasteiger partial charge in [-0.2, -0.15) is 0 Å². The van der Waals surface area contributed by atoms with Gasteiger partial charge in [-0.15, -0.1) is 11.6 Å². The normalized spacial score (nSPS) is 13.8. The minimum Gasteiger partial charge on any atom is -0.325 e. The van der Waals surface area contributed by atoms with Gasteiger partial charge in [-0.3, -0.25) is 0 Å². The third kappa shape index (κ3) is 3.28. The van der Waals surface area contributed by atoms with Crippen LogP contribution in [0.4, 0.5) is 4.39 Å². The van der Waals surface area contributed by atoms with Gasteiger partial charge in [0.25, 0.3) is 0 Å². The van der Waals surface area contributed by atoms with E-state index in [0.717, 1.165) is 6.26 Å². The molecule has 1 unspecified atom stereocenters. The zero-order valence-corrected chi connectivity index (χ0v) is 12.7. The Labute approximate surface area is 121 Å². The van der Waals surface area contributed by atoms with E-state index in [-0.39, 0.29) is 12.1 Å².